The molecule has 4 aromatic heterocycles. The molecule has 2 atom stereocenters. The monoisotopic (exact) mass is 928 g/mol. The Bertz CT molecular complexity index is 2330. The van der Waals surface area contributed by atoms with Crippen molar-refractivity contribution in [2.75, 3.05) is 39.7 Å². The van der Waals surface area contributed by atoms with Crippen molar-refractivity contribution in [1.29, 1.82) is 0 Å². The van der Waals surface area contributed by atoms with Crippen molar-refractivity contribution in [3.8, 4) is 0 Å². The lowest BCUT2D eigenvalue weighted by atomic mass is 9.99. The number of carbonyl (C=O) groups excluding carboxylic acids is 4. The number of esters is 3. The number of hydrogen-bond donors (Lipinski definition) is 1. The molecule has 0 radical (unpaired) electrons. The number of Topliss-reactive ketones (excluding diaryl/α,β-unsaturated/α-hetero) is 1. The van der Waals surface area contributed by atoms with Crippen LogP contribution < -0.4 is 0 Å². The zero-order valence-electron chi connectivity index (χ0n) is 38.4. The molecule has 4 heterocycles. The van der Waals surface area contributed by atoms with Gasteiger partial charge >= 0.3 is 31.5 Å². The number of carboxylic acid groups (broad SMARTS) is 1. The molecule has 0 aromatic carbocycles. The molecule has 1 N–H and O–H groups in total. The number of aryl methyl sites for hydroxylation is 4. The number of aliphatic carboxylic acids is 1. The molecular weight excluding hydrogens is 868 g/mol. The zero-order chi connectivity index (χ0) is 47.9. The molecule has 0 saturated carbocycles. The van der Waals surface area contributed by atoms with E-state index in [0.29, 0.717) is 32.0 Å². The molecule has 4 aliphatic carbocycles. The Hall–Kier alpha value is -5.96. The van der Waals surface area contributed by atoms with Gasteiger partial charge in [-0.05, 0) is 137 Å². The van der Waals surface area contributed by atoms with E-state index in [1.807, 2.05) is 55.6 Å². The van der Waals surface area contributed by atoms with Crippen molar-refractivity contribution in [3.63, 3.8) is 0 Å². The first-order chi connectivity index (χ1) is 31.8. The Morgan fingerprint density at radius 2 is 1.14 bits per heavy atom. The van der Waals surface area contributed by atoms with E-state index < -0.39 is 19.5 Å². The van der Waals surface area contributed by atoms with Crippen molar-refractivity contribution in [2.45, 2.75) is 104 Å². The van der Waals surface area contributed by atoms with Gasteiger partial charge in [-0.15, -0.1) is 0 Å². The zero-order valence-corrected chi connectivity index (χ0v) is 39.3. The van der Waals surface area contributed by atoms with Crippen LogP contribution >= 0.6 is 7.60 Å². The Balaban J connectivity index is 0.000000181. The van der Waals surface area contributed by atoms with Crippen LogP contribution in [0.1, 0.15) is 128 Å². The number of allylic oxidation sites excluding steroid dienone is 1. The summed E-state index contributed by atoms with van der Waals surface area (Å²) >= 11 is 0. The summed E-state index contributed by atoms with van der Waals surface area (Å²) in [5.41, 5.74) is 9.57. The SMILES string of the molecule is CCOC(=O)/C=C1\CCc2ncccc21.CCOC(=O)CC1CCc2ncccc21.CCOP(=O)(CC(=O)OC)OCC.O=C(O)CC1CCc2ncccc21.O=C1CCc2ncccc21. The number of nitrogens with zero attached hydrogens (tertiary/aromatic N) is 4. The minimum absolute atomic E-state index is 0.0980. The van der Waals surface area contributed by atoms with Gasteiger partial charge in [0.05, 0.1) is 52.1 Å². The second kappa shape index (κ2) is 27.5. The van der Waals surface area contributed by atoms with Gasteiger partial charge in [-0.25, -0.2) is 4.79 Å². The molecule has 17 heteroatoms. The molecular formula is C49H61N4O12P. The normalized spacial score (nSPS) is 16.4. The molecule has 0 fully saturated rings. The third-order valence-electron chi connectivity index (χ3n) is 10.8. The van der Waals surface area contributed by atoms with E-state index in [1.165, 1.54) is 12.7 Å². The van der Waals surface area contributed by atoms with E-state index >= 15 is 0 Å². The fraction of sp³-hybridized carbons (Fsp3) is 0.449. The fourth-order valence-electron chi connectivity index (χ4n) is 7.85. The first-order valence-corrected chi connectivity index (χ1v) is 24.1. The maximum absolute atomic E-state index is 11.6. The van der Waals surface area contributed by atoms with Crippen LogP contribution in [0.3, 0.4) is 0 Å². The number of aromatic nitrogens is 4. The third kappa shape index (κ3) is 16.5. The first kappa shape index (κ1) is 52.7. The predicted octanol–water partition coefficient (Wildman–Crippen LogP) is 8.26. The van der Waals surface area contributed by atoms with E-state index in [-0.39, 0.29) is 49.4 Å². The molecule has 2 unspecified atom stereocenters. The van der Waals surface area contributed by atoms with Crippen molar-refractivity contribution < 1.29 is 56.9 Å². The van der Waals surface area contributed by atoms with Gasteiger partial charge in [-0.2, -0.15) is 0 Å². The van der Waals surface area contributed by atoms with Crippen molar-refractivity contribution >= 4 is 42.8 Å². The van der Waals surface area contributed by atoms with Gasteiger partial charge in [0.15, 0.2) is 5.78 Å². The summed E-state index contributed by atoms with van der Waals surface area (Å²) in [7, 11) is -2.04. The lowest BCUT2D eigenvalue weighted by molar-refractivity contribution is -0.143. The van der Waals surface area contributed by atoms with Gasteiger partial charge in [-0.3, -0.25) is 43.7 Å². The second-order valence-electron chi connectivity index (χ2n) is 15.2. The summed E-state index contributed by atoms with van der Waals surface area (Å²) in [6, 6.07) is 15.4. The average Bonchev–Trinajstić information content (AvgIpc) is 4.11. The highest BCUT2D eigenvalue weighted by Crippen LogP contribution is 2.47. The Morgan fingerprint density at radius 1 is 0.636 bits per heavy atom. The van der Waals surface area contributed by atoms with Crippen LogP contribution in [-0.2, 0) is 72.7 Å². The van der Waals surface area contributed by atoms with Crippen molar-refractivity contribution in [1.82, 2.24) is 19.9 Å². The average molecular weight is 929 g/mol. The Labute approximate surface area is 386 Å². The predicted molar refractivity (Wildman–Crippen MR) is 246 cm³/mol. The van der Waals surface area contributed by atoms with Crippen LogP contribution in [0.4, 0.5) is 0 Å². The highest BCUT2D eigenvalue weighted by molar-refractivity contribution is 7.54. The number of pyridine rings is 4. The summed E-state index contributed by atoms with van der Waals surface area (Å²) in [5, 5.41) is 8.68. The number of ether oxygens (including phenoxy) is 3. The van der Waals surface area contributed by atoms with Gasteiger partial charge in [0.1, 0.15) is 6.16 Å². The lowest BCUT2D eigenvalue weighted by Gasteiger charge is -2.15. The number of rotatable bonds is 13. The van der Waals surface area contributed by atoms with E-state index in [4.69, 9.17) is 23.6 Å². The minimum atomic E-state index is -3.27. The topological polar surface area (TPSA) is 220 Å². The molecule has 0 amide bonds. The fourth-order valence-corrected chi connectivity index (χ4v) is 9.34. The van der Waals surface area contributed by atoms with Crippen LogP contribution in [0.25, 0.3) is 5.57 Å². The van der Waals surface area contributed by atoms with E-state index in [2.05, 4.69) is 30.7 Å². The number of ketones is 1. The van der Waals surface area contributed by atoms with Crippen molar-refractivity contribution in [2.24, 2.45) is 0 Å². The number of methoxy groups -OCH3 is 1. The van der Waals surface area contributed by atoms with Crippen LogP contribution in [0.5, 0.6) is 0 Å². The number of carbonyl (C=O) groups is 5. The summed E-state index contributed by atoms with van der Waals surface area (Å²) in [5.74, 6) is -0.938. The first-order valence-electron chi connectivity index (χ1n) is 22.3. The highest BCUT2D eigenvalue weighted by Gasteiger charge is 2.29. The van der Waals surface area contributed by atoms with Gasteiger partial charge in [0, 0.05) is 59.9 Å². The lowest BCUT2D eigenvalue weighted by Crippen LogP contribution is -2.11. The van der Waals surface area contributed by atoms with Crippen LogP contribution in [0.2, 0.25) is 0 Å². The van der Waals surface area contributed by atoms with Gasteiger partial charge < -0.3 is 28.4 Å². The van der Waals surface area contributed by atoms with E-state index in [0.717, 1.165) is 90.0 Å². The molecule has 4 aliphatic rings. The molecule has 4 aromatic rings. The maximum Gasteiger partial charge on any atom is 0.341 e. The quantitative estimate of drug-likeness (QED) is 0.0577. The smallest absolute Gasteiger partial charge is 0.341 e. The molecule has 354 valence electrons. The Kier molecular flexibility index (Phi) is 21.9. The standard InChI is InChI=1S/C12H15NO2.C12H13NO2.C10H11NO2.C8H7NO.C7H15O5P/c2*1-2-15-12(14)8-9-5-6-11-10(9)4-3-7-13-11;12-10(13)6-7-3-4-9-8(7)2-1-5-11-9;10-8-4-3-7-6(8)2-1-5-9-7;1-4-11-13(9,12-5-2)6-7(8)10-3/h3-4,7,9H,2,5-6,8H2,1H3;3-4,7-8H,2,5-6H2,1H3;1-2,5,7H,3-4,6H2,(H,12,13);1-2,5H,3-4H2;4-6H2,1-3H3/b;9-8+;;;. The number of hydrogen-bond acceptors (Lipinski definition) is 15. The minimum Gasteiger partial charge on any atom is -0.481 e. The summed E-state index contributed by atoms with van der Waals surface area (Å²) in [6.07, 6.45) is 16.2. The summed E-state index contributed by atoms with van der Waals surface area (Å²) in [6.45, 7) is 8.38. The van der Waals surface area contributed by atoms with Crippen LogP contribution in [0.15, 0.2) is 79.4 Å². The van der Waals surface area contributed by atoms with Crippen molar-refractivity contribution in [3.05, 3.63) is 124 Å². The largest absolute Gasteiger partial charge is 0.481 e. The molecule has 0 aliphatic heterocycles. The van der Waals surface area contributed by atoms with E-state index in [1.54, 1.807) is 45.4 Å². The molecule has 8 rings (SSSR count). The molecule has 0 bridgehead atoms. The van der Waals surface area contributed by atoms with Gasteiger partial charge in [0.2, 0.25) is 0 Å². The van der Waals surface area contributed by atoms with Gasteiger partial charge in [0.25, 0.3) is 0 Å². The third-order valence-corrected chi connectivity index (χ3v) is 12.7. The highest BCUT2D eigenvalue weighted by atomic mass is 31.2. The maximum atomic E-state index is 11.6. The van der Waals surface area contributed by atoms with E-state index in [9.17, 15) is 28.5 Å². The Morgan fingerprint density at radius 3 is 1.65 bits per heavy atom. The summed E-state index contributed by atoms with van der Waals surface area (Å²) < 4.78 is 35.6. The van der Waals surface area contributed by atoms with Gasteiger partial charge in [-0.1, -0.05) is 18.2 Å². The van der Waals surface area contributed by atoms with Crippen LogP contribution in [-0.4, -0.2) is 94.4 Å². The summed E-state index contributed by atoms with van der Waals surface area (Å²) in [4.78, 5) is 71.9. The second-order valence-corrected chi connectivity index (χ2v) is 17.2. The number of carboxylic acids is 1. The molecule has 16 nitrogen and oxygen atoms in total. The molecule has 66 heavy (non-hydrogen) atoms. The molecule has 0 saturated heterocycles. The van der Waals surface area contributed by atoms with Crippen LogP contribution in [0, 0.1) is 0 Å². The molecule has 0 spiro atoms. The number of fused-ring (bicyclic) bond motifs is 4.